The Morgan fingerprint density at radius 3 is 2.34 bits per heavy atom. The van der Waals surface area contributed by atoms with Gasteiger partial charge in [-0.3, -0.25) is 9.69 Å². The number of benzene rings is 3. The van der Waals surface area contributed by atoms with Crippen LogP contribution in [0.25, 0.3) is 20.5 Å². The number of rotatable bonds is 9. The van der Waals surface area contributed by atoms with Gasteiger partial charge in [-0.15, -0.1) is 11.3 Å². The lowest BCUT2D eigenvalue weighted by molar-refractivity contribution is -0.231. The van der Waals surface area contributed by atoms with Gasteiger partial charge in [0, 0.05) is 32.6 Å². The second-order valence-corrected chi connectivity index (χ2v) is 12.5. The van der Waals surface area contributed by atoms with E-state index in [2.05, 4.69) is 4.90 Å². The number of likely N-dealkylation sites (tertiary alicyclic amines) is 1. The number of fused-ring (bicyclic) bond motifs is 1. The highest BCUT2D eigenvalue weighted by molar-refractivity contribution is 7.22. The number of carbonyl (C=O) groups is 1. The summed E-state index contributed by atoms with van der Waals surface area (Å²) in [5.41, 5.74) is 2.32. The van der Waals surface area contributed by atoms with Crippen molar-refractivity contribution in [3.8, 4) is 21.9 Å². The van der Waals surface area contributed by atoms with Crippen LogP contribution in [-0.2, 0) is 4.74 Å². The summed E-state index contributed by atoms with van der Waals surface area (Å²) in [7, 11) is 0. The van der Waals surface area contributed by atoms with Crippen LogP contribution in [0.3, 0.4) is 0 Å². The number of ketones is 1. The molecule has 2 fully saturated rings. The van der Waals surface area contributed by atoms with E-state index in [0.717, 1.165) is 34.8 Å². The second-order valence-electron chi connectivity index (χ2n) is 11.5. The smallest absolute Gasteiger partial charge is 0.195 e. The number of aliphatic hydroxyl groups is 4. The highest BCUT2D eigenvalue weighted by atomic mass is 32.1. The number of thiophene rings is 1. The van der Waals surface area contributed by atoms with Crippen molar-refractivity contribution in [2.24, 2.45) is 0 Å². The molecule has 5 N–H and O–H groups in total. The van der Waals surface area contributed by atoms with Crippen LogP contribution in [0.5, 0.6) is 11.5 Å². The van der Waals surface area contributed by atoms with Gasteiger partial charge in [-0.1, -0.05) is 18.6 Å². The van der Waals surface area contributed by atoms with Crippen molar-refractivity contribution >= 4 is 27.2 Å². The van der Waals surface area contributed by atoms with E-state index >= 15 is 0 Å². The first kappa shape index (κ1) is 30.7. The van der Waals surface area contributed by atoms with Crippen LogP contribution < -0.4 is 4.74 Å². The summed E-state index contributed by atoms with van der Waals surface area (Å²) >= 11 is 1.39. The van der Waals surface area contributed by atoms with E-state index in [1.807, 2.05) is 12.1 Å². The van der Waals surface area contributed by atoms with Gasteiger partial charge >= 0.3 is 0 Å². The van der Waals surface area contributed by atoms with E-state index < -0.39 is 37.1 Å². The molecule has 4 aromatic rings. The molecule has 3 heterocycles. The normalized spacial score (nSPS) is 24.4. The first-order valence-electron chi connectivity index (χ1n) is 15.0. The molecule has 0 saturated carbocycles. The van der Waals surface area contributed by atoms with Gasteiger partial charge in [0.2, 0.25) is 0 Å². The second kappa shape index (κ2) is 13.3. The van der Waals surface area contributed by atoms with Gasteiger partial charge in [-0.05, 0) is 91.7 Å². The number of aliphatic hydroxyl groups excluding tert-OH is 4. The van der Waals surface area contributed by atoms with Crippen LogP contribution in [0.2, 0.25) is 0 Å². The molecule has 0 radical (unpaired) electrons. The molecule has 9 nitrogen and oxygen atoms in total. The number of carbonyl (C=O) groups excluding carboxylic acids is 1. The number of ether oxygens (including phenoxy) is 2. The minimum Gasteiger partial charge on any atom is -0.508 e. The molecule has 1 aromatic heterocycles. The third-order valence-corrected chi connectivity index (χ3v) is 9.73. The molecule has 0 spiro atoms. The topological polar surface area (TPSA) is 140 Å². The quantitative estimate of drug-likeness (QED) is 0.177. The summed E-state index contributed by atoms with van der Waals surface area (Å²) in [4.78, 5) is 17.2. The maximum atomic E-state index is 14.1. The van der Waals surface area contributed by atoms with E-state index in [9.17, 15) is 30.3 Å². The third-order valence-electron chi connectivity index (χ3n) is 8.53. The Hall–Kier alpha value is -3.35. The zero-order chi connectivity index (χ0) is 30.8. The molecular weight excluding hydrogens is 582 g/mol. The molecular formula is C34H37NO8S. The van der Waals surface area contributed by atoms with Crippen LogP contribution >= 0.6 is 11.3 Å². The van der Waals surface area contributed by atoms with Gasteiger partial charge in [-0.25, -0.2) is 0 Å². The molecule has 6 rings (SSSR count). The number of phenols is 1. The van der Waals surface area contributed by atoms with Gasteiger partial charge in [-0.2, -0.15) is 0 Å². The summed E-state index contributed by atoms with van der Waals surface area (Å²) < 4.78 is 12.5. The average molecular weight is 620 g/mol. The van der Waals surface area contributed by atoms with Gasteiger partial charge in [0.05, 0.1) is 6.61 Å². The minimum absolute atomic E-state index is 0.114. The Labute approximate surface area is 259 Å². The maximum absolute atomic E-state index is 14.1. The number of hydrogen-bond acceptors (Lipinski definition) is 10. The zero-order valence-electron chi connectivity index (χ0n) is 24.2. The van der Waals surface area contributed by atoms with Gasteiger partial charge in [0.1, 0.15) is 48.6 Å². The SMILES string of the molecule is O=C(c1ccc(OCCN2CCCCC2)cc1)c1c(-c2ccc(O)cc2)sc2cc([C@@H]3O[C@H](CO)[C@@H](O)[C@H](O)[C@H]3O)ccc12. The number of nitrogens with zero attached hydrogens (tertiary/aromatic N) is 1. The molecule has 0 amide bonds. The lowest BCUT2D eigenvalue weighted by Crippen LogP contribution is -2.55. The molecule has 10 heteroatoms. The first-order valence-corrected chi connectivity index (χ1v) is 15.8. The number of phenolic OH excluding ortho intramolecular Hbond substituents is 1. The number of hydrogen-bond donors (Lipinski definition) is 5. The Kier molecular flexibility index (Phi) is 9.29. The third kappa shape index (κ3) is 6.25. The van der Waals surface area contributed by atoms with Crippen LogP contribution in [0.1, 0.15) is 46.9 Å². The fourth-order valence-corrected chi connectivity index (χ4v) is 7.28. The summed E-state index contributed by atoms with van der Waals surface area (Å²) in [6.07, 6.45) is -2.62. The Morgan fingerprint density at radius 2 is 1.64 bits per heavy atom. The molecule has 5 atom stereocenters. The predicted molar refractivity (Wildman–Crippen MR) is 167 cm³/mol. The number of piperidine rings is 1. The highest BCUT2D eigenvalue weighted by Gasteiger charge is 2.44. The van der Waals surface area contributed by atoms with Crippen LogP contribution in [0.4, 0.5) is 0 Å². The van der Waals surface area contributed by atoms with E-state index in [1.54, 1.807) is 54.6 Å². The molecule has 2 saturated heterocycles. The predicted octanol–water partition coefficient (Wildman–Crippen LogP) is 3.88. The average Bonchev–Trinajstić information content (AvgIpc) is 3.43. The van der Waals surface area contributed by atoms with Gasteiger partial charge < -0.3 is 35.0 Å². The van der Waals surface area contributed by atoms with Crippen molar-refractivity contribution < 1.29 is 39.8 Å². The monoisotopic (exact) mass is 619 g/mol. The Bertz CT molecular complexity index is 1580. The Balaban J connectivity index is 1.30. The Morgan fingerprint density at radius 1 is 0.909 bits per heavy atom. The molecule has 2 aliphatic rings. The van der Waals surface area contributed by atoms with Crippen molar-refractivity contribution in [1.82, 2.24) is 4.90 Å². The van der Waals surface area contributed by atoms with Gasteiger partial charge in [0.15, 0.2) is 5.78 Å². The first-order chi connectivity index (χ1) is 21.3. The van der Waals surface area contributed by atoms with E-state index in [-0.39, 0.29) is 11.5 Å². The van der Waals surface area contributed by atoms with Crippen molar-refractivity contribution in [2.45, 2.75) is 49.8 Å². The van der Waals surface area contributed by atoms with Crippen LogP contribution in [0.15, 0.2) is 66.7 Å². The van der Waals surface area contributed by atoms with Crippen LogP contribution in [0, 0.1) is 0 Å². The fourth-order valence-electron chi connectivity index (χ4n) is 6.03. The van der Waals surface area contributed by atoms with Crippen LogP contribution in [-0.4, -0.2) is 93.5 Å². The standard InChI is InChI=1S/C34H37NO8S/c36-19-26-30(39)31(40)32(41)33(43-26)22-8-13-25-27(18-22)44-34(21-4-9-23(37)10-5-21)28(25)29(38)20-6-11-24(12-7-20)42-17-16-35-14-2-1-3-15-35/h4-13,18,26,30-33,36-37,39-41H,1-3,14-17,19H2/t26-,30-,31+,32-,33+/m1/s1. The molecule has 0 unspecified atom stereocenters. The van der Waals surface area contributed by atoms with E-state index in [0.29, 0.717) is 34.4 Å². The molecule has 232 valence electrons. The van der Waals surface area contributed by atoms with Gasteiger partial charge in [0.25, 0.3) is 0 Å². The molecule has 44 heavy (non-hydrogen) atoms. The highest BCUT2D eigenvalue weighted by Crippen LogP contribution is 2.42. The fraction of sp³-hybridized carbons (Fsp3) is 0.382. The molecule has 3 aromatic carbocycles. The summed E-state index contributed by atoms with van der Waals surface area (Å²) in [5, 5.41) is 51.4. The minimum atomic E-state index is -1.49. The van der Waals surface area contributed by atoms with E-state index in [1.165, 1.54) is 30.6 Å². The summed E-state index contributed by atoms with van der Waals surface area (Å²) in [6, 6.07) is 19.1. The molecule has 2 aliphatic heterocycles. The summed E-state index contributed by atoms with van der Waals surface area (Å²) in [5.74, 6) is 0.653. The maximum Gasteiger partial charge on any atom is 0.195 e. The van der Waals surface area contributed by atoms with Crippen molar-refractivity contribution in [3.63, 3.8) is 0 Å². The molecule has 0 bridgehead atoms. The van der Waals surface area contributed by atoms with E-state index in [4.69, 9.17) is 9.47 Å². The number of aromatic hydroxyl groups is 1. The van der Waals surface area contributed by atoms with Crippen molar-refractivity contribution in [2.75, 3.05) is 32.8 Å². The zero-order valence-corrected chi connectivity index (χ0v) is 25.0. The largest absolute Gasteiger partial charge is 0.508 e. The lowest BCUT2D eigenvalue weighted by Gasteiger charge is -2.40. The lowest BCUT2D eigenvalue weighted by atomic mass is 9.90. The van der Waals surface area contributed by atoms with Crippen molar-refractivity contribution in [1.29, 1.82) is 0 Å². The molecule has 0 aliphatic carbocycles. The van der Waals surface area contributed by atoms with Crippen molar-refractivity contribution in [3.05, 3.63) is 83.4 Å². The summed E-state index contributed by atoms with van der Waals surface area (Å²) in [6.45, 7) is 3.17.